The van der Waals surface area contributed by atoms with Crippen LogP contribution in [0.5, 0.6) is 0 Å². The highest BCUT2D eigenvalue weighted by atomic mass is 16.5. The molecule has 1 aromatic rings. The highest BCUT2D eigenvalue weighted by molar-refractivity contribution is 5.79. The molecule has 0 amide bonds. The van der Waals surface area contributed by atoms with Gasteiger partial charge in [-0.05, 0) is 12.0 Å². The number of rotatable bonds is 3. The maximum atomic E-state index is 5.91. The average Bonchev–Trinajstić information content (AvgIpc) is 2.87. The second-order valence-corrected chi connectivity index (χ2v) is 5.68. The van der Waals surface area contributed by atoms with Crippen molar-refractivity contribution in [3.63, 3.8) is 0 Å². The average molecular weight is 275 g/mol. The van der Waals surface area contributed by atoms with Crippen molar-refractivity contribution in [1.82, 2.24) is 9.80 Å². The molecule has 0 radical (unpaired) electrons. The van der Waals surface area contributed by atoms with Crippen LogP contribution in [0.3, 0.4) is 0 Å². The third-order valence-corrected chi connectivity index (χ3v) is 3.61. The van der Waals surface area contributed by atoms with E-state index < -0.39 is 0 Å². The van der Waals surface area contributed by atoms with Gasteiger partial charge < -0.3 is 14.5 Å². The van der Waals surface area contributed by atoms with Crippen LogP contribution in [0, 0.1) is 5.92 Å². The molecule has 0 spiro atoms. The van der Waals surface area contributed by atoms with Crippen molar-refractivity contribution in [2.75, 3.05) is 41.3 Å². The quantitative estimate of drug-likeness (QED) is 0.625. The first-order chi connectivity index (χ1) is 9.59. The summed E-state index contributed by atoms with van der Waals surface area (Å²) in [7, 11) is 8.11. The van der Waals surface area contributed by atoms with Gasteiger partial charge >= 0.3 is 0 Å². The monoisotopic (exact) mass is 275 g/mol. The Kier molecular flexibility index (Phi) is 5.01. The molecule has 20 heavy (non-hydrogen) atoms. The minimum absolute atomic E-state index is 0.186. The van der Waals surface area contributed by atoms with Gasteiger partial charge in [0, 0.05) is 47.3 Å². The van der Waals surface area contributed by atoms with Gasteiger partial charge in [-0.2, -0.15) is 0 Å². The van der Waals surface area contributed by atoms with Crippen LogP contribution in [-0.4, -0.2) is 57.1 Å². The van der Waals surface area contributed by atoms with Crippen LogP contribution in [-0.2, 0) is 4.74 Å². The van der Waals surface area contributed by atoms with E-state index in [-0.39, 0.29) is 6.10 Å². The predicted molar refractivity (Wildman–Crippen MR) is 82.9 cm³/mol. The first kappa shape index (κ1) is 14.9. The summed E-state index contributed by atoms with van der Waals surface area (Å²) in [5, 5.41) is 0. The molecule has 1 fully saturated rings. The van der Waals surface area contributed by atoms with E-state index in [0.29, 0.717) is 5.92 Å². The molecular weight excluding hydrogens is 250 g/mol. The lowest BCUT2D eigenvalue weighted by Crippen LogP contribution is -2.36. The van der Waals surface area contributed by atoms with Gasteiger partial charge in [0.2, 0.25) is 0 Å². The van der Waals surface area contributed by atoms with Crippen LogP contribution in [0.4, 0.5) is 0 Å². The first-order valence-corrected chi connectivity index (χ1v) is 7.15. The van der Waals surface area contributed by atoms with E-state index in [9.17, 15) is 0 Å². The van der Waals surface area contributed by atoms with E-state index in [1.165, 1.54) is 5.56 Å². The van der Waals surface area contributed by atoms with Gasteiger partial charge in [0.05, 0.1) is 6.10 Å². The van der Waals surface area contributed by atoms with Gasteiger partial charge in [0.15, 0.2) is 5.96 Å². The van der Waals surface area contributed by atoms with Crippen LogP contribution in [0.2, 0.25) is 0 Å². The van der Waals surface area contributed by atoms with Crippen molar-refractivity contribution in [3.05, 3.63) is 35.9 Å². The van der Waals surface area contributed by atoms with Crippen molar-refractivity contribution in [3.8, 4) is 0 Å². The summed E-state index contributed by atoms with van der Waals surface area (Å²) < 4.78 is 5.91. The first-order valence-electron chi connectivity index (χ1n) is 7.15. The number of nitrogens with zero attached hydrogens (tertiary/aromatic N) is 3. The molecule has 4 nitrogen and oxygen atoms in total. The van der Waals surface area contributed by atoms with E-state index >= 15 is 0 Å². The summed E-state index contributed by atoms with van der Waals surface area (Å²) in [5.41, 5.74) is 1.27. The Hall–Kier alpha value is -1.55. The van der Waals surface area contributed by atoms with Crippen molar-refractivity contribution in [2.45, 2.75) is 12.5 Å². The standard InChI is InChI=1S/C16H25N3O/c1-18(2)16(19(3)4)17-12-14-10-11-20-15(14)13-8-6-5-7-9-13/h5-9,14-15H,10-12H2,1-4H3/t14-,15-/m0/s1. The number of ether oxygens (including phenoxy) is 1. The molecule has 0 aliphatic carbocycles. The van der Waals surface area contributed by atoms with E-state index in [1.54, 1.807) is 0 Å². The van der Waals surface area contributed by atoms with Crippen LogP contribution >= 0.6 is 0 Å². The maximum Gasteiger partial charge on any atom is 0.195 e. The van der Waals surface area contributed by atoms with E-state index in [2.05, 4.69) is 24.3 Å². The molecule has 1 aliphatic rings. The molecular formula is C16H25N3O. The number of aliphatic imine (C=N–C) groups is 1. The summed E-state index contributed by atoms with van der Waals surface area (Å²) in [6, 6.07) is 10.5. The molecule has 1 heterocycles. The molecule has 2 atom stereocenters. The van der Waals surface area contributed by atoms with E-state index in [0.717, 1.165) is 25.5 Å². The summed E-state index contributed by atoms with van der Waals surface area (Å²) in [5.74, 6) is 1.47. The van der Waals surface area contributed by atoms with E-state index in [1.807, 2.05) is 44.1 Å². The smallest absolute Gasteiger partial charge is 0.195 e. The predicted octanol–water partition coefficient (Wildman–Crippen LogP) is 2.24. The minimum Gasteiger partial charge on any atom is -0.373 e. The normalized spacial score (nSPS) is 21.6. The van der Waals surface area contributed by atoms with Gasteiger partial charge in [0.25, 0.3) is 0 Å². The van der Waals surface area contributed by atoms with Gasteiger partial charge in [0.1, 0.15) is 0 Å². The molecule has 2 rings (SSSR count). The Morgan fingerprint density at radius 1 is 1.15 bits per heavy atom. The summed E-state index contributed by atoms with van der Waals surface area (Å²) in [6.45, 7) is 1.64. The molecule has 1 aliphatic heterocycles. The van der Waals surface area contributed by atoms with Gasteiger partial charge in [-0.3, -0.25) is 4.99 Å². The van der Waals surface area contributed by atoms with Crippen molar-refractivity contribution < 1.29 is 4.74 Å². The lowest BCUT2D eigenvalue weighted by atomic mass is 9.95. The second-order valence-electron chi connectivity index (χ2n) is 5.68. The Morgan fingerprint density at radius 2 is 1.80 bits per heavy atom. The van der Waals surface area contributed by atoms with Crippen molar-refractivity contribution in [1.29, 1.82) is 0 Å². The molecule has 0 aromatic heterocycles. The fourth-order valence-electron chi connectivity index (χ4n) is 2.71. The highest BCUT2D eigenvalue weighted by Crippen LogP contribution is 2.34. The highest BCUT2D eigenvalue weighted by Gasteiger charge is 2.29. The Bertz CT molecular complexity index is 432. The van der Waals surface area contributed by atoms with Crippen LogP contribution < -0.4 is 0 Å². The second kappa shape index (κ2) is 6.75. The third kappa shape index (κ3) is 3.51. The summed E-state index contributed by atoms with van der Waals surface area (Å²) >= 11 is 0. The Balaban J connectivity index is 2.07. The summed E-state index contributed by atoms with van der Waals surface area (Å²) in [6.07, 6.45) is 1.27. The minimum atomic E-state index is 0.186. The number of hydrogen-bond acceptors (Lipinski definition) is 2. The van der Waals surface area contributed by atoms with Crippen molar-refractivity contribution >= 4 is 5.96 Å². The van der Waals surface area contributed by atoms with Gasteiger partial charge in [-0.25, -0.2) is 0 Å². The lowest BCUT2D eigenvalue weighted by Gasteiger charge is -2.24. The topological polar surface area (TPSA) is 28.1 Å². The lowest BCUT2D eigenvalue weighted by molar-refractivity contribution is 0.0925. The Labute approximate surface area is 122 Å². The molecule has 0 unspecified atom stereocenters. The summed E-state index contributed by atoms with van der Waals surface area (Å²) in [4.78, 5) is 8.87. The zero-order valence-corrected chi connectivity index (χ0v) is 12.9. The largest absolute Gasteiger partial charge is 0.373 e. The fourth-order valence-corrected chi connectivity index (χ4v) is 2.71. The number of hydrogen-bond donors (Lipinski definition) is 0. The van der Waals surface area contributed by atoms with Crippen LogP contribution in [0.25, 0.3) is 0 Å². The maximum absolute atomic E-state index is 5.91. The fraction of sp³-hybridized carbons (Fsp3) is 0.562. The molecule has 0 N–H and O–H groups in total. The molecule has 1 saturated heterocycles. The van der Waals surface area contributed by atoms with Gasteiger partial charge in [-0.15, -0.1) is 0 Å². The third-order valence-electron chi connectivity index (χ3n) is 3.61. The molecule has 1 aromatic carbocycles. The molecule has 4 heteroatoms. The van der Waals surface area contributed by atoms with Crippen LogP contribution in [0.1, 0.15) is 18.1 Å². The van der Waals surface area contributed by atoms with Gasteiger partial charge in [-0.1, -0.05) is 30.3 Å². The van der Waals surface area contributed by atoms with Crippen LogP contribution in [0.15, 0.2) is 35.3 Å². The Morgan fingerprint density at radius 3 is 2.40 bits per heavy atom. The van der Waals surface area contributed by atoms with Crippen molar-refractivity contribution in [2.24, 2.45) is 10.9 Å². The zero-order chi connectivity index (χ0) is 14.5. The molecule has 110 valence electrons. The SMILES string of the molecule is CN(C)C(=NC[C@@H]1CCO[C@H]1c1ccccc1)N(C)C. The number of guanidine groups is 1. The molecule has 0 saturated carbocycles. The van der Waals surface area contributed by atoms with E-state index in [4.69, 9.17) is 9.73 Å². The number of benzene rings is 1. The molecule has 0 bridgehead atoms. The zero-order valence-electron chi connectivity index (χ0n) is 12.9.